The lowest BCUT2D eigenvalue weighted by atomic mass is 9.94. The molecule has 0 spiro atoms. The molecule has 1 fully saturated rings. The highest BCUT2D eigenvalue weighted by atomic mass is 35.5. The van der Waals surface area contributed by atoms with Gasteiger partial charge in [-0.1, -0.05) is 17.7 Å². The molecule has 2 aromatic rings. The third-order valence-electron chi connectivity index (χ3n) is 4.40. The molecule has 0 bridgehead atoms. The van der Waals surface area contributed by atoms with E-state index in [9.17, 15) is 4.79 Å². The summed E-state index contributed by atoms with van der Waals surface area (Å²) in [5.41, 5.74) is 0.918. The van der Waals surface area contributed by atoms with Gasteiger partial charge in [-0.05, 0) is 44.9 Å². The van der Waals surface area contributed by atoms with Gasteiger partial charge in [0, 0.05) is 47.7 Å². The number of nitrogens with zero attached hydrogens (tertiary/aromatic N) is 1. The van der Waals surface area contributed by atoms with E-state index < -0.39 is 0 Å². The predicted octanol–water partition coefficient (Wildman–Crippen LogP) is 3.76. The van der Waals surface area contributed by atoms with Crippen molar-refractivity contribution in [2.24, 2.45) is 0 Å². The van der Waals surface area contributed by atoms with Crippen molar-refractivity contribution in [2.45, 2.75) is 51.3 Å². The van der Waals surface area contributed by atoms with E-state index in [4.69, 9.17) is 16.3 Å². The molecule has 5 heteroatoms. The Balaban J connectivity index is 1.57. The van der Waals surface area contributed by atoms with Gasteiger partial charge in [0.1, 0.15) is 0 Å². The molecule has 0 radical (unpaired) electrons. The maximum Gasteiger partial charge on any atom is 0.222 e. The van der Waals surface area contributed by atoms with Crippen molar-refractivity contribution in [3.63, 3.8) is 0 Å². The van der Waals surface area contributed by atoms with Gasteiger partial charge in [-0.25, -0.2) is 0 Å². The highest BCUT2D eigenvalue weighted by molar-refractivity contribution is 6.35. The van der Waals surface area contributed by atoms with Crippen LogP contribution in [-0.2, 0) is 16.1 Å². The van der Waals surface area contributed by atoms with Gasteiger partial charge in [0.15, 0.2) is 0 Å². The lowest BCUT2D eigenvalue weighted by Crippen LogP contribution is -2.45. The van der Waals surface area contributed by atoms with Gasteiger partial charge in [0.2, 0.25) is 5.91 Å². The van der Waals surface area contributed by atoms with Gasteiger partial charge in [-0.15, -0.1) is 0 Å². The summed E-state index contributed by atoms with van der Waals surface area (Å²) in [5.74, 6) is 0.0941. The van der Waals surface area contributed by atoms with Crippen molar-refractivity contribution >= 4 is 28.4 Å². The van der Waals surface area contributed by atoms with Crippen molar-refractivity contribution in [3.05, 3.63) is 35.5 Å². The highest BCUT2D eigenvalue weighted by Gasteiger charge is 2.29. The fourth-order valence-electron chi connectivity index (χ4n) is 3.26. The second kappa shape index (κ2) is 6.54. The van der Waals surface area contributed by atoms with E-state index in [1.807, 2.05) is 30.5 Å². The monoisotopic (exact) mass is 334 g/mol. The number of amides is 1. The zero-order chi connectivity index (χ0) is 16.4. The minimum absolute atomic E-state index is 0.0941. The summed E-state index contributed by atoms with van der Waals surface area (Å²) in [5, 5.41) is 4.91. The second-order valence-electron chi connectivity index (χ2n) is 6.80. The Morgan fingerprint density at radius 1 is 1.43 bits per heavy atom. The fraction of sp³-hybridized carbons (Fsp3) is 0.500. The minimum atomic E-state index is -0.149. The number of halogens is 1. The lowest BCUT2D eigenvalue weighted by molar-refractivity contribution is -0.124. The highest BCUT2D eigenvalue weighted by Crippen LogP contribution is 2.25. The Labute approximate surface area is 141 Å². The van der Waals surface area contributed by atoms with E-state index in [1.54, 1.807) is 0 Å². The standard InChI is InChI=1S/C18H23ClN2O2/c1-18(2)12-13(8-11-23-18)20-17(22)7-10-21-9-6-14-15(19)4-3-5-16(14)21/h3-6,9,13H,7-8,10-12H2,1-2H3,(H,20,22)/t13-/m0/s1. The molecule has 3 rings (SSSR count). The Kier molecular flexibility index (Phi) is 4.64. The van der Waals surface area contributed by atoms with Crippen LogP contribution in [0.15, 0.2) is 30.5 Å². The van der Waals surface area contributed by atoms with E-state index in [2.05, 4.69) is 23.7 Å². The van der Waals surface area contributed by atoms with Crippen LogP contribution in [0.3, 0.4) is 0 Å². The van der Waals surface area contributed by atoms with Crippen molar-refractivity contribution in [1.29, 1.82) is 0 Å². The summed E-state index contributed by atoms with van der Waals surface area (Å²) < 4.78 is 7.77. The average molecular weight is 335 g/mol. The molecule has 1 aliphatic rings. The molecule has 1 atom stereocenters. The Morgan fingerprint density at radius 2 is 2.26 bits per heavy atom. The summed E-state index contributed by atoms with van der Waals surface area (Å²) in [6, 6.07) is 8.05. The minimum Gasteiger partial charge on any atom is -0.375 e. The summed E-state index contributed by atoms with van der Waals surface area (Å²) in [6.45, 7) is 5.50. The molecular weight excluding hydrogens is 312 g/mol. The van der Waals surface area contributed by atoms with Crippen molar-refractivity contribution in [2.75, 3.05) is 6.61 Å². The molecule has 1 N–H and O–H groups in total. The van der Waals surface area contributed by atoms with Crippen LogP contribution in [0.5, 0.6) is 0 Å². The van der Waals surface area contributed by atoms with E-state index in [1.165, 1.54) is 0 Å². The molecule has 124 valence electrons. The number of hydrogen-bond donors (Lipinski definition) is 1. The van der Waals surface area contributed by atoms with E-state index in [0.717, 1.165) is 28.8 Å². The predicted molar refractivity (Wildman–Crippen MR) is 92.8 cm³/mol. The van der Waals surface area contributed by atoms with Gasteiger partial charge < -0.3 is 14.6 Å². The number of carbonyl (C=O) groups is 1. The average Bonchev–Trinajstić information content (AvgIpc) is 2.89. The third-order valence-corrected chi connectivity index (χ3v) is 4.73. The molecule has 0 saturated carbocycles. The molecule has 2 heterocycles. The molecule has 1 aromatic heterocycles. The molecule has 23 heavy (non-hydrogen) atoms. The number of carbonyl (C=O) groups excluding carboxylic acids is 1. The lowest BCUT2D eigenvalue weighted by Gasteiger charge is -2.35. The summed E-state index contributed by atoms with van der Waals surface area (Å²) in [4.78, 5) is 12.2. The SMILES string of the molecule is CC1(C)C[C@@H](NC(=O)CCn2ccc3c(Cl)cccc32)CCO1. The number of fused-ring (bicyclic) bond motifs is 1. The number of rotatable bonds is 4. The first-order valence-corrected chi connectivity index (χ1v) is 8.49. The maximum absolute atomic E-state index is 12.2. The second-order valence-corrected chi connectivity index (χ2v) is 7.20. The molecule has 1 saturated heterocycles. The zero-order valence-electron chi connectivity index (χ0n) is 13.6. The Morgan fingerprint density at radius 3 is 3.04 bits per heavy atom. The molecule has 0 aliphatic carbocycles. The molecule has 1 aromatic carbocycles. The summed E-state index contributed by atoms with van der Waals surface area (Å²) in [6.07, 6.45) is 4.20. The van der Waals surface area contributed by atoms with Crippen LogP contribution >= 0.6 is 11.6 Å². The Hall–Kier alpha value is -1.52. The number of benzene rings is 1. The zero-order valence-corrected chi connectivity index (χ0v) is 14.4. The third kappa shape index (κ3) is 3.88. The van der Waals surface area contributed by atoms with Gasteiger partial charge in [0.05, 0.1) is 5.60 Å². The summed E-state index contributed by atoms with van der Waals surface area (Å²) in [7, 11) is 0. The smallest absolute Gasteiger partial charge is 0.222 e. The topological polar surface area (TPSA) is 43.3 Å². The maximum atomic E-state index is 12.2. The van der Waals surface area contributed by atoms with Gasteiger partial charge >= 0.3 is 0 Å². The van der Waals surface area contributed by atoms with Crippen LogP contribution in [0.1, 0.15) is 33.1 Å². The summed E-state index contributed by atoms with van der Waals surface area (Å²) >= 11 is 6.18. The van der Waals surface area contributed by atoms with E-state index in [-0.39, 0.29) is 17.6 Å². The Bertz CT molecular complexity index is 708. The normalized spacial score (nSPS) is 20.6. The van der Waals surface area contributed by atoms with Crippen LogP contribution in [-0.4, -0.2) is 28.7 Å². The largest absolute Gasteiger partial charge is 0.375 e. The first kappa shape index (κ1) is 16.3. The van der Waals surface area contributed by atoms with Crippen molar-refractivity contribution in [3.8, 4) is 0 Å². The molecule has 4 nitrogen and oxygen atoms in total. The molecular formula is C18H23ClN2O2. The van der Waals surface area contributed by atoms with Gasteiger partial charge in [-0.2, -0.15) is 0 Å². The van der Waals surface area contributed by atoms with Crippen molar-refractivity contribution in [1.82, 2.24) is 9.88 Å². The molecule has 0 unspecified atom stereocenters. The van der Waals surface area contributed by atoms with Crippen LogP contribution in [0, 0.1) is 0 Å². The molecule has 1 amide bonds. The van der Waals surface area contributed by atoms with Gasteiger partial charge in [-0.3, -0.25) is 4.79 Å². The molecule has 1 aliphatic heterocycles. The first-order valence-electron chi connectivity index (χ1n) is 8.11. The van der Waals surface area contributed by atoms with Crippen LogP contribution < -0.4 is 5.32 Å². The first-order chi connectivity index (χ1) is 10.9. The number of aromatic nitrogens is 1. The fourth-order valence-corrected chi connectivity index (χ4v) is 3.49. The number of nitrogens with one attached hydrogen (secondary N) is 1. The van der Waals surface area contributed by atoms with E-state index in [0.29, 0.717) is 19.6 Å². The number of hydrogen-bond acceptors (Lipinski definition) is 2. The van der Waals surface area contributed by atoms with E-state index >= 15 is 0 Å². The van der Waals surface area contributed by atoms with Crippen LogP contribution in [0.4, 0.5) is 0 Å². The van der Waals surface area contributed by atoms with Crippen LogP contribution in [0.2, 0.25) is 5.02 Å². The van der Waals surface area contributed by atoms with Crippen LogP contribution in [0.25, 0.3) is 10.9 Å². The number of ether oxygens (including phenoxy) is 1. The number of aryl methyl sites for hydroxylation is 1. The quantitative estimate of drug-likeness (QED) is 0.925. The van der Waals surface area contributed by atoms with Crippen molar-refractivity contribution < 1.29 is 9.53 Å². The van der Waals surface area contributed by atoms with Gasteiger partial charge in [0.25, 0.3) is 0 Å².